The molecule has 0 aliphatic carbocycles. The summed E-state index contributed by atoms with van der Waals surface area (Å²) in [6, 6.07) is 7.91. The van der Waals surface area contributed by atoms with Crippen molar-refractivity contribution >= 4 is 5.78 Å². The molecule has 20 heavy (non-hydrogen) atoms. The van der Waals surface area contributed by atoms with Crippen LogP contribution in [0.5, 0.6) is 0 Å². The third-order valence-electron chi connectivity index (χ3n) is 5.23. The van der Waals surface area contributed by atoms with Gasteiger partial charge in [0.1, 0.15) is 0 Å². The second kappa shape index (κ2) is 6.53. The number of hydrogen-bond donors (Lipinski definition) is 0. The zero-order valence-electron chi connectivity index (χ0n) is 13.1. The van der Waals surface area contributed by atoms with Gasteiger partial charge in [-0.05, 0) is 43.8 Å². The molecule has 110 valence electrons. The first-order valence-corrected chi connectivity index (χ1v) is 7.91. The third kappa shape index (κ3) is 3.29. The fourth-order valence-corrected chi connectivity index (χ4v) is 3.32. The minimum Gasteiger partial charge on any atom is -0.296 e. The molecule has 2 heteroatoms. The summed E-state index contributed by atoms with van der Waals surface area (Å²) in [7, 11) is 0. The Labute approximate surface area is 123 Å². The topological polar surface area (TPSA) is 20.3 Å². The van der Waals surface area contributed by atoms with Gasteiger partial charge in [-0.3, -0.25) is 9.69 Å². The van der Waals surface area contributed by atoms with Gasteiger partial charge in [-0.2, -0.15) is 0 Å². The summed E-state index contributed by atoms with van der Waals surface area (Å²) in [5.74, 6) is 0.267. The molecule has 0 atom stereocenters. The highest BCUT2D eigenvalue weighted by Crippen LogP contribution is 2.37. The molecular weight excluding hydrogens is 246 g/mol. The fourth-order valence-electron chi connectivity index (χ4n) is 3.32. The van der Waals surface area contributed by atoms with Gasteiger partial charge >= 0.3 is 0 Å². The summed E-state index contributed by atoms with van der Waals surface area (Å²) in [5, 5.41) is 0. The van der Waals surface area contributed by atoms with E-state index >= 15 is 0 Å². The number of nitrogens with zero attached hydrogens (tertiary/aromatic N) is 1. The van der Waals surface area contributed by atoms with E-state index in [4.69, 9.17) is 0 Å². The molecule has 1 aliphatic heterocycles. The Morgan fingerprint density at radius 2 is 1.75 bits per heavy atom. The Kier molecular flexibility index (Phi) is 4.98. The van der Waals surface area contributed by atoms with Gasteiger partial charge in [-0.15, -0.1) is 0 Å². The number of piperidine rings is 1. The van der Waals surface area contributed by atoms with Crippen molar-refractivity contribution in [3.05, 3.63) is 35.4 Å². The predicted octanol–water partition coefficient (Wildman–Crippen LogP) is 4.08. The average Bonchev–Trinajstić information content (AvgIpc) is 2.49. The van der Waals surface area contributed by atoms with Crippen molar-refractivity contribution in [1.82, 2.24) is 4.90 Å². The van der Waals surface area contributed by atoms with Gasteiger partial charge < -0.3 is 0 Å². The van der Waals surface area contributed by atoms with Crippen LogP contribution in [-0.2, 0) is 0 Å². The van der Waals surface area contributed by atoms with E-state index in [1.165, 1.54) is 25.7 Å². The van der Waals surface area contributed by atoms with Gasteiger partial charge in [0.15, 0.2) is 5.78 Å². The van der Waals surface area contributed by atoms with Gasteiger partial charge in [-0.1, -0.05) is 51.0 Å². The number of rotatable bonds is 5. The van der Waals surface area contributed by atoms with Gasteiger partial charge in [0.2, 0.25) is 0 Å². The fraction of sp³-hybridized carbons (Fsp3) is 0.611. The molecule has 0 bridgehead atoms. The Hall–Kier alpha value is -1.15. The summed E-state index contributed by atoms with van der Waals surface area (Å²) in [5.41, 5.74) is 2.50. The highest BCUT2D eigenvalue weighted by molar-refractivity contribution is 5.98. The first-order valence-electron chi connectivity index (χ1n) is 7.91. The normalized spacial score (nSPS) is 18.9. The number of carbonyl (C=O) groups excluding carboxylic acids is 1. The van der Waals surface area contributed by atoms with E-state index in [1.807, 2.05) is 31.2 Å². The lowest BCUT2D eigenvalue weighted by molar-refractivity contribution is 0.0755. The van der Waals surface area contributed by atoms with Gasteiger partial charge in [0.25, 0.3) is 0 Å². The molecule has 1 saturated heterocycles. The molecule has 0 amide bonds. The second-order valence-corrected chi connectivity index (χ2v) is 6.22. The van der Waals surface area contributed by atoms with Crippen LogP contribution in [-0.4, -0.2) is 30.3 Å². The third-order valence-corrected chi connectivity index (χ3v) is 5.23. The SMILES string of the molecule is CCC1(CC)CCN(CC(=O)c2ccccc2C)CC1. The van der Waals surface area contributed by atoms with E-state index in [2.05, 4.69) is 18.7 Å². The van der Waals surface area contributed by atoms with Crippen LogP contribution >= 0.6 is 0 Å². The number of benzene rings is 1. The Morgan fingerprint density at radius 1 is 1.15 bits per heavy atom. The maximum atomic E-state index is 12.4. The van der Waals surface area contributed by atoms with Crippen molar-refractivity contribution < 1.29 is 4.79 Å². The number of hydrogen-bond acceptors (Lipinski definition) is 2. The number of carbonyl (C=O) groups is 1. The van der Waals surface area contributed by atoms with Crippen LogP contribution in [0.1, 0.15) is 55.5 Å². The van der Waals surface area contributed by atoms with Crippen LogP contribution in [0.15, 0.2) is 24.3 Å². The van der Waals surface area contributed by atoms with Crippen molar-refractivity contribution in [1.29, 1.82) is 0 Å². The predicted molar refractivity (Wildman–Crippen MR) is 84.2 cm³/mol. The summed E-state index contributed by atoms with van der Waals surface area (Å²) >= 11 is 0. The Bertz CT molecular complexity index is 452. The van der Waals surface area contributed by atoms with Crippen LogP contribution < -0.4 is 0 Å². The van der Waals surface area contributed by atoms with E-state index in [0.29, 0.717) is 12.0 Å². The molecule has 0 N–H and O–H groups in total. The minimum atomic E-state index is 0.267. The van der Waals surface area contributed by atoms with E-state index in [0.717, 1.165) is 24.2 Å². The van der Waals surface area contributed by atoms with Gasteiger partial charge in [0, 0.05) is 5.56 Å². The van der Waals surface area contributed by atoms with Crippen molar-refractivity contribution in [3.8, 4) is 0 Å². The maximum absolute atomic E-state index is 12.4. The molecule has 1 aliphatic rings. The molecular formula is C18H27NO. The van der Waals surface area contributed by atoms with Gasteiger partial charge in [0.05, 0.1) is 6.54 Å². The van der Waals surface area contributed by atoms with Crippen LogP contribution in [0, 0.1) is 12.3 Å². The van der Waals surface area contributed by atoms with Crippen LogP contribution in [0.3, 0.4) is 0 Å². The number of ketones is 1. The van der Waals surface area contributed by atoms with E-state index in [1.54, 1.807) is 0 Å². The lowest BCUT2D eigenvalue weighted by atomic mass is 9.74. The van der Waals surface area contributed by atoms with Crippen molar-refractivity contribution in [2.75, 3.05) is 19.6 Å². The molecule has 1 fully saturated rings. The first kappa shape index (κ1) is 15.2. The van der Waals surface area contributed by atoms with Crippen LogP contribution in [0.25, 0.3) is 0 Å². The number of Topliss-reactive ketones (excluding diaryl/α,β-unsaturated/α-hetero) is 1. The summed E-state index contributed by atoms with van der Waals surface area (Å²) in [6.07, 6.45) is 5.01. The van der Waals surface area contributed by atoms with Crippen LogP contribution in [0.4, 0.5) is 0 Å². The van der Waals surface area contributed by atoms with Crippen molar-refractivity contribution in [3.63, 3.8) is 0 Å². The lowest BCUT2D eigenvalue weighted by Crippen LogP contribution is -2.42. The molecule has 2 rings (SSSR count). The molecule has 1 heterocycles. The standard InChI is InChI=1S/C18H27NO/c1-4-18(5-2)10-12-19(13-11-18)14-17(20)16-9-7-6-8-15(16)3/h6-9H,4-5,10-14H2,1-3H3. The number of likely N-dealkylation sites (tertiary alicyclic amines) is 1. The number of aryl methyl sites for hydroxylation is 1. The monoisotopic (exact) mass is 273 g/mol. The molecule has 2 nitrogen and oxygen atoms in total. The van der Waals surface area contributed by atoms with Crippen molar-refractivity contribution in [2.45, 2.75) is 46.5 Å². The highest BCUT2D eigenvalue weighted by atomic mass is 16.1. The molecule has 0 radical (unpaired) electrons. The highest BCUT2D eigenvalue weighted by Gasteiger charge is 2.31. The summed E-state index contributed by atoms with van der Waals surface area (Å²) < 4.78 is 0. The van der Waals surface area contributed by atoms with E-state index < -0.39 is 0 Å². The molecule has 0 saturated carbocycles. The lowest BCUT2D eigenvalue weighted by Gasteiger charge is -2.40. The van der Waals surface area contributed by atoms with Crippen LogP contribution in [0.2, 0.25) is 0 Å². The van der Waals surface area contributed by atoms with Crippen molar-refractivity contribution in [2.24, 2.45) is 5.41 Å². The summed E-state index contributed by atoms with van der Waals surface area (Å²) in [6.45, 7) is 9.34. The Balaban J connectivity index is 1.93. The molecule has 0 spiro atoms. The van der Waals surface area contributed by atoms with E-state index in [9.17, 15) is 4.79 Å². The smallest absolute Gasteiger partial charge is 0.177 e. The molecule has 0 aromatic heterocycles. The zero-order chi connectivity index (χ0) is 14.6. The average molecular weight is 273 g/mol. The minimum absolute atomic E-state index is 0.267. The zero-order valence-corrected chi connectivity index (χ0v) is 13.1. The maximum Gasteiger partial charge on any atom is 0.177 e. The molecule has 1 aromatic carbocycles. The second-order valence-electron chi connectivity index (χ2n) is 6.22. The first-order chi connectivity index (χ1) is 9.60. The Morgan fingerprint density at radius 3 is 2.30 bits per heavy atom. The molecule has 0 unspecified atom stereocenters. The molecule has 1 aromatic rings. The van der Waals surface area contributed by atoms with E-state index in [-0.39, 0.29) is 5.78 Å². The quantitative estimate of drug-likeness (QED) is 0.753. The van der Waals surface area contributed by atoms with Gasteiger partial charge in [-0.25, -0.2) is 0 Å². The summed E-state index contributed by atoms with van der Waals surface area (Å²) in [4.78, 5) is 14.7. The largest absolute Gasteiger partial charge is 0.296 e.